The largest absolute Gasteiger partial charge is 0.488 e. The van der Waals surface area contributed by atoms with Crippen LogP contribution in [0.2, 0.25) is 0 Å². The van der Waals surface area contributed by atoms with Gasteiger partial charge >= 0.3 is 6.18 Å². The van der Waals surface area contributed by atoms with E-state index in [9.17, 15) is 13.2 Å². The second kappa shape index (κ2) is 10.6. The van der Waals surface area contributed by atoms with Gasteiger partial charge in [0.05, 0.1) is 5.56 Å². The maximum atomic E-state index is 14.2. The Bertz CT molecular complexity index is 1150. The van der Waals surface area contributed by atoms with Crippen LogP contribution in [0.5, 0.6) is 5.75 Å². The fraction of sp³-hybridized carbons (Fsp3) is 0.379. The standard InChI is InChI=1S/C29H32F3N3O/c30-29(31,32)26-17-28(36-19-20-7-3-1-4-8-20)23(21-9-5-2-6-10-21)15-24(26)25-16-27(25)34-12-14-35-13-11-22(33)18-35/h1-10,15,17,22,25,27,34H,11-14,16,18-19,33H2/t22-,25?,27?/m1/s1. The number of likely N-dealkylation sites (tertiary alicyclic amines) is 1. The van der Waals surface area contributed by atoms with Crippen molar-refractivity contribution < 1.29 is 17.9 Å². The Kier molecular flexibility index (Phi) is 7.32. The van der Waals surface area contributed by atoms with E-state index in [1.165, 1.54) is 6.07 Å². The molecule has 2 unspecified atom stereocenters. The van der Waals surface area contributed by atoms with Gasteiger partial charge in [-0.2, -0.15) is 13.2 Å². The van der Waals surface area contributed by atoms with Crippen LogP contribution in [-0.2, 0) is 12.8 Å². The number of nitrogens with two attached hydrogens (primary N) is 1. The minimum atomic E-state index is -4.46. The van der Waals surface area contributed by atoms with Crippen molar-refractivity contribution in [2.45, 2.75) is 43.6 Å². The summed E-state index contributed by atoms with van der Waals surface area (Å²) in [4.78, 5) is 2.31. The maximum Gasteiger partial charge on any atom is 0.416 e. The Morgan fingerprint density at radius 1 is 1.00 bits per heavy atom. The third-order valence-corrected chi connectivity index (χ3v) is 7.11. The third kappa shape index (κ3) is 5.91. The molecule has 0 amide bonds. The Morgan fingerprint density at radius 3 is 2.39 bits per heavy atom. The van der Waals surface area contributed by atoms with Gasteiger partial charge in [0.25, 0.3) is 0 Å². The van der Waals surface area contributed by atoms with E-state index >= 15 is 0 Å². The molecule has 0 aromatic heterocycles. The molecule has 7 heteroatoms. The molecule has 5 rings (SSSR count). The molecule has 0 bridgehead atoms. The van der Waals surface area contributed by atoms with Crippen LogP contribution in [-0.4, -0.2) is 43.2 Å². The lowest BCUT2D eigenvalue weighted by atomic mass is 9.94. The average Bonchev–Trinajstić information content (AvgIpc) is 3.53. The summed E-state index contributed by atoms with van der Waals surface area (Å²) in [5.74, 6) is 0.0738. The molecule has 2 aliphatic rings. The van der Waals surface area contributed by atoms with Crippen LogP contribution < -0.4 is 15.8 Å². The van der Waals surface area contributed by atoms with Gasteiger partial charge in [-0.1, -0.05) is 60.7 Å². The average molecular weight is 496 g/mol. The van der Waals surface area contributed by atoms with Crippen molar-refractivity contribution in [3.63, 3.8) is 0 Å². The first kappa shape index (κ1) is 24.8. The molecule has 4 nitrogen and oxygen atoms in total. The SMILES string of the molecule is N[C@@H]1CCN(CCNC2CC2c2cc(-c3ccccc3)c(OCc3ccccc3)cc2C(F)(F)F)C1. The lowest BCUT2D eigenvalue weighted by Crippen LogP contribution is -2.33. The highest BCUT2D eigenvalue weighted by Gasteiger charge is 2.45. The van der Waals surface area contributed by atoms with Gasteiger partial charge in [-0.3, -0.25) is 0 Å². The topological polar surface area (TPSA) is 50.5 Å². The molecule has 190 valence electrons. The van der Waals surface area contributed by atoms with E-state index in [1.54, 1.807) is 6.07 Å². The highest BCUT2D eigenvalue weighted by Crippen LogP contribution is 2.49. The number of alkyl halides is 3. The highest BCUT2D eigenvalue weighted by atomic mass is 19.4. The molecule has 3 aromatic rings. The van der Waals surface area contributed by atoms with E-state index in [0.717, 1.165) is 43.7 Å². The summed E-state index contributed by atoms with van der Waals surface area (Å²) in [6.07, 6.45) is -2.77. The lowest BCUT2D eigenvalue weighted by Gasteiger charge is -2.20. The van der Waals surface area contributed by atoms with Crippen molar-refractivity contribution in [3.05, 3.63) is 89.5 Å². The highest BCUT2D eigenvalue weighted by molar-refractivity contribution is 5.73. The van der Waals surface area contributed by atoms with Crippen LogP contribution in [0, 0.1) is 0 Å². The molecular weight excluding hydrogens is 463 g/mol. The van der Waals surface area contributed by atoms with Crippen LogP contribution in [0.15, 0.2) is 72.8 Å². The van der Waals surface area contributed by atoms with E-state index in [0.29, 0.717) is 17.5 Å². The summed E-state index contributed by atoms with van der Waals surface area (Å²) < 4.78 is 48.7. The number of rotatable bonds is 9. The van der Waals surface area contributed by atoms with Gasteiger partial charge in [0.2, 0.25) is 0 Å². The Labute approximate surface area is 210 Å². The molecular formula is C29H32F3N3O. The number of halogens is 3. The monoisotopic (exact) mass is 495 g/mol. The van der Waals surface area contributed by atoms with Crippen LogP contribution in [0.4, 0.5) is 13.2 Å². The van der Waals surface area contributed by atoms with Gasteiger partial charge in [0, 0.05) is 43.2 Å². The molecule has 1 aliphatic carbocycles. The second-order valence-corrected chi connectivity index (χ2v) is 9.83. The van der Waals surface area contributed by atoms with Gasteiger partial charge < -0.3 is 20.7 Å². The number of nitrogens with zero attached hydrogens (tertiary/aromatic N) is 1. The molecule has 36 heavy (non-hydrogen) atoms. The predicted molar refractivity (Wildman–Crippen MR) is 136 cm³/mol. The first-order valence-electron chi connectivity index (χ1n) is 12.6. The zero-order valence-electron chi connectivity index (χ0n) is 20.2. The molecule has 1 saturated heterocycles. The molecule has 3 N–H and O–H groups in total. The summed E-state index contributed by atoms with van der Waals surface area (Å²) in [7, 11) is 0. The molecule has 1 aliphatic heterocycles. The fourth-order valence-electron chi connectivity index (χ4n) is 5.08. The van der Waals surface area contributed by atoms with Crippen molar-refractivity contribution in [1.29, 1.82) is 0 Å². The van der Waals surface area contributed by atoms with E-state index in [1.807, 2.05) is 60.7 Å². The van der Waals surface area contributed by atoms with Crippen LogP contribution in [0.25, 0.3) is 11.1 Å². The molecule has 0 spiro atoms. The van der Waals surface area contributed by atoms with Gasteiger partial charge in [-0.25, -0.2) is 0 Å². The first-order chi connectivity index (χ1) is 17.4. The lowest BCUT2D eigenvalue weighted by molar-refractivity contribution is -0.138. The summed E-state index contributed by atoms with van der Waals surface area (Å²) in [6.45, 7) is 3.69. The van der Waals surface area contributed by atoms with Crippen molar-refractivity contribution in [2.24, 2.45) is 5.73 Å². The number of benzene rings is 3. The quantitative estimate of drug-likeness (QED) is 0.416. The minimum Gasteiger partial charge on any atom is -0.488 e. The zero-order chi connectivity index (χ0) is 25.1. The zero-order valence-corrected chi connectivity index (χ0v) is 20.2. The Balaban J connectivity index is 1.39. The summed E-state index contributed by atoms with van der Waals surface area (Å²) in [6, 6.07) is 22.1. The van der Waals surface area contributed by atoms with E-state index in [2.05, 4.69) is 10.2 Å². The Hall–Kier alpha value is -2.87. The predicted octanol–water partition coefficient (Wildman–Crippen LogP) is 5.43. The first-order valence-corrected chi connectivity index (χ1v) is 12.6. The molecule has 3 aromatic carbocycles. The van der Waals surface area contributed by atoms with Crippen LogP contribution >= 0.6 is 0 Å². The van der Waals surface area contributed by atoms with E-state index in [4.69, 9.17) is 10.5 Å². The summed E-state index contributed by atoms with van der Waals surface area (Å²) >= 11 is 0. The number of ether oxygens (including phenoxy) is 1. The number of nitrogens with one attached hydrogen (secondary N) is 1. The molecule has 3 atom stereocenters. The smallest absolute Gasteiger partial charge is 0.416 e. The number of hydrogen-bond donors (Lipinski definition) is 2. The van der Waals surface area contributed by atoms with Gasteiger partial charge in [0.1, 0.15) is 12.4 Å². The van der Waals surface area contributed by atoms with Gasteiger partial charge in [-0.05, 0) is 48.2 Å². The molecule has 1 saturated carbocycles. The Morgan fingerprint density at radius 2 is 1.72 bits per heavy atom. The normalized spacial score (nSPS) is 22.1. The maximum absolute atomic E-state index is 14.2. The van der Waals surface area contributed by atoms with Crippen LogP contribution in [0.1, 0.15) is 35.4 Å². The van der Waals surface area contributed by atoms with Gasteiger partial charge in [-0.15, -0.1) is 0 Å². The second-order valence-electron chi connectivity index (χ2n) is 9.83. The van der Waals surface area contributed by atoms with E-state index in [-0.39, 0.29) is 30.4 Å². The third-order valence-electron chi connectivity index (χ3n) is 7.11. The molecule has 0 radical (unpaired) electrons. The van der Waals surface area contributed by atoms with Crippen molar-refractivity contribution >= 4 is 0 Å². The minimum absolute atomic E-state index is 0.0436. The van der Waals surface area contributed by atoms with Crippen LogP contribution in [0.3, 0.4) is 0 Å². The summed E-state index contributed by atoms with van der Waals surface area (Å²) in [5, 5.41) is 3.46. The van der Waals surface area contributed by atoms with Crippen molar-refractivity contribution in [3.8, 4) is 16.9 Å². The van der Waals surface area contributed by atoms with Crippen molar-refractivity contribution in [2.75, 3.05) is 26.2 Å². The van der Waals surface area contributed by atoms with Gasteiger partial charge in [0.15, 0.2) is 0 Å². The molecule has 2 fully saturated rings. The van der Waals surface area contributed by atoms with Crippen molar-refractivity contribution in [1.82, 2.24) is 10.2 Å². The summed E-state index contributed by atoms with van der Waals surface area (Å²) in [5.41, 5.74) is 8.14. The molecule has 1 heterocycles. The fourth-order valence-corrected chi connectivity index (χ4v) is 5.08. The van der Waals surface area contributed by atoms with E-state index < -0.39 is 11.7 Å². The number of hydrogen-bond acceptors (Lipinski definition) is 4.